The summed E-state index contributed by atoms with van der Waals surface area (Å²) in [6.07, 6.45) is 0.322. The van der Waals surface area contributed by atoms with Gasteiger partial charge in [-0.25, -0.2) is 8.42 Å². The summed E-state index contributed by atoms with van der Waals surface area (Å²) in [5.41, 5.74) is 1.10. The summed E-state index contributed by atoms with van der Waals surface area (Å²) < 4.78 is 27.6. The molecule has 2 aromatic rings. The number of carboxylic acids is 1. The predicted octanol–water partition coefficient (Wildman–Crippen LogP) is 3.28. The molecule has 0 heterocycles. The zero-order valence-electron chi connectivity index (χ0n) is 14.9. The maximum absolute atomic E-state index is 12.5. The highest BCUT2D eigenvalue weighted by Crippen LogP contribution is 2.25. The van der Waals surface area contributed by atoms with Crippen LogP contribution in [0.1, 0.15) is 12.0 Å². The van der Waals surface area contributed by atoms with Gasteiger partial charge in [0.2, 0.25) is 0 Å². The standard InChI is InChI=1S/C18H20N2O5S2/c1-20(2)18(23)26-15-5-3-4-14(12-15)19-27(24,25)16-9-6-13(7-10-16)8-11-17(21)22/h3-7,9-10,12,19H,8,11H2,1-2H3,(H,21,22). The second kappa shape index (κ2) is 8.92. The number of carbonyl (C=O) groups is 2. The molecule has 9 heteroatoms. The molecule has 0 unspecified atom stereocenters. The molecule has 2 N–H and O–H groups in total. The Morgan fingerprint density at radius 2 is 1.78 bits per heavy atom. The molecule has 0 aliphatic carbocycles. The Morgan fingerprint density at radius 1 is 1.11 bits per heavy atom. The first kappa shape index (κ1) is 20.8. The molecule has 0 aliphatic heterocycles. The number of aryl methyl sites for hydroxylation is 1. The lowest BCUT2D eigenvalue weighted by atomic mass is 10.1. The molecule has 0 saturated carbocycles. The van der Waals surface area contributed by atoms with Gasteiger partial charge in [0.25, 0.3) is 15.3 Å². The van der Waals surface area contributed by atoms with Crippen molar-refractivity contribution in [3.05, 3.63) is 54.1 Å². The van der Waals surface area contributed by atoms with E-state index in [1.807, 2.05) is 0 Å². The quantitative estimate of drug-likeness (QED) is 0.682. The fraction of sp³-hybridized carbons (Fsp3) is 0.222. The monoisotopic (exact) mass is 408 g/mol. The highest BCUT2D eigenvalue weighted by atomic mass is 32.2. The van der Waals surface area contributed by atoms with Crippen LogP contribution in [0.2, 0.25) is 0 Å². The Hall–Kier alpha value is -2.52. The van der Waals surface area contributed by atoms with Crippen LogP contribution in [-0.2, 0) is 21.2 Å². The van der Waals surface area contributed by atoms with E-state index in [0.29, 0.717) is 17.0 Å². The molecule has 0 atom stereocenters. The minimum Gasteiger partial charge on any atom is -0.481 e. The van der Waals surface area contributed by atoms with Crippen LogP contribution in [-0.4, -0.2) is 43.7 Å². The summed E-state index contributed by atoms with van der Waals surface area (Å²) in [5.74, 6) is -0.904. The van der Waals surface area contributed by atoms with Gasteiger partial charge in [0, 0.05) is 31.1 Å². The third-order valence-electron chi connectivity index (χ3n) is 3.52. The van der Waals surface area contributed by atoms with E-state index in [9.17, 15) is 18.0 Å². The van der Waals surface area contributed by atoms with Crippen LogP contribution in [0, 0.1) is 0 Å². The third-order valence-corrected chi connectivity index (χ3v) is 5.94. The van der Waals surface area contributed by atoms with E-state index >= 15 is 0 Å². The molecule has 2 aromatic carbocycles. The summed E-state index contributed by atoms with van der Waals surface area (Å²) in [6, 6.07) is 12.6. The molecule has 0 saturated heterocycles. The molecule has 7 nitrogen and oxygen atoms in total. The Labute approximate surface area is 162 Å². The summed E-state index contributed by atoms with van der Waals surface area (Å²) in [6.45, 7) is 0. The molecular weight excluding hydrogens is 388 g/mol. The van der Waals surface area contributed by atoms with Crippen molar-refractivity contribution in [3.63, 3.8) is 0 Å². The number of anilines is 1. The Balaban J connectivity index is 2.11. The molecule has 0 fully saturated rings. The number of rotatable bonds is 7. The lowest BCUT2D eigenvalue weighted by Gasteiger charge is -2.11. The molecule has 0 aromatic heterocycles. The fourth-order valence-electron chi connectivity index (χ4n) is 2.12. The van der Waals surface area contributed by atoms with Gasteiger partial charge in [-0.2, -0.15) is 0 Å². The molecule has 144 valence electrons. The molecule has 0 spiro atoms. The number of amides is 1. The number of hydrogen-bond acceptors (Lipinski definition) is 5. The van der Waals surface area contributed by atoms with Gasteiger partial charge in [0.1, 0.15) is 0 Å². The second-order valence-corrected chi connectivity index (χ2v) is 8.64. The molecule has 0 aliphatic rings. The van der Waals surface area contributed by atoms with Crippen molar-refractivity contribution in [2.24, 2.45) is 0 Å². The van der Waals surface area contributed by atoms with E-state index in [2.05, 4.69) is 4.72 Å². The second-order valence-electron chi connectivity index (χ2n) is 5.93. The van der Waals surface area contributed by atoms with Crippen molar-refractivity contribution >= 4 is 38.7 Å². The van der Waals surface area contributed by atoms with Crippen LogP contribution in [0.5, 0.6) is 0 Å². The topological polar surface area (TPSA) is 104 Å². The van der Waals surface area contributed by atoms with Gasteiger partial charge in [0.05, 0.1) is 4.90 Å². The van der Waals surface area contributed by atoms with Gasteiger partial charge >= 0.3 is 5.97 Å². The Bertz CT molecular complexity index is 925. The van der Waals surface area contributed by atoms with E-state index < -0.39 is 16.0 Å². The van der Waals surface area contributed by atoms with Crippen LogP contribution in [0.3, 0.4) is 0 Å². The smallest absolute Gasteiger partial charge is 0.303 e. The summed E-state index contributed by atoms with van der Waals surface area (Å²) in [5, 5.41) is 8.54. The number of carboxylic acid groups (broad SMARTS) is 1. The van der Waals surface area contributed by atoms with Crippen molar-refractivity contribution in [1.82, 2.24) is 4.90 Å². The number of benzene rings is 2. The molecule has 0 bridgehead atoms. The van der Waals surface area contributed by atoms with Crippen LogP contribution in [0.25, 0.3) is 0 Å². The molecule has 0 radical (unpaired) electrons. The SMILES string of the molecule is CN(C)C(=O)Sc1cccc(NS(=O)(=O)c2ccc(CCC(=O)O)cc2)c1. The average molecular weight is 409 g/mol. The maximum Gasteiger partial charge on any atom is 0.303 e. The number of nitrogens with zero attached hydrogens (tertiary/aromatic N) is 1. The van der Waals surface area contributed by atoms with Crippen LogP contribution >= 0.6 is 11.8 Å². The van der Waals surface area contributed by atoms with Gasteiger partial charge < -0.3 is 10.0 Å². The van der Waals surface area contributed by atoms with Crippen LogP contribution in [0.4, 0.5) is 10.5 Å². The Kier molecular flexibility index (Phi) is 6.86. The van der Waals surface area contributed by atoms with E-state index in [1.54, 1.807) is 50.5 Å². The zero-order valence-corrected chi connectivity index (χ0v) is 16.5. The van der Waals surface area contributed by atoms with E-state index in [1.165, 1.54) is 17.0 Å². The number of thioether (sulfide) groups is 1. The highest BCUT2D eigenvalue weighted by molar-refractivity contribution is 8.13. The van der Waals surface area contributed by atoms with E-state index in [0.717, 1.165) is 17.3 Å². The fourth-order valence-corrected chi connectivity index (χ4v) is 3.88. The van der Waals surface area contributed by atoms with Crippen molar-refractivity contribution in [1.29, 1.82) is 0 Å². The molecule has 2 rings (SSSR count). The summed E-state index contributed by atoms with van der Waals surface area (Å²) >= 11 is 1.00. The maximum atomic E-state index is 12.5. The van der Waals surface area contributed by atoms with Crippen molar-refractivity contribution < 1.29 is 23.1 Å². The summed E-state index contributed by atoms with van der Waals surface area (Å²) in [7, 11) is -0.512. The van der Waals surface area contributed by atoms with Crippen LogP contribution in [0.15, 0.2) is 58.3 Å². The van der Waals surface area contributed by atoms with Crippen molar-refractivity contribution in [2.45, 2.75) is 22.6 Å². The summed E-state index contributed by atoms with van der Waals surface area (Å²) in [4.78, 5) is 24.5. The lowest BCUT2D eigenvalue weighted by molar-refractivity contribution is -0.136. The first-order chi connectivity index (χ1) is 12.7. The lowest BCUT2D eigenvalue weighted by Crippen LogP contribution is -2.16. The number of sulfonamides is 1. The number of nitrogens with one attached hydrogen (secondary N) is 1. The molecule has 27 heavy (non-hydrogen) atoms. The Morgan fingerprint density at radius 3 is 2.37 bits per heavy atom. The van der Waals surface area contributed by atoms with Gasteiger partial charge in [0.15, 0.2) is 0 Å². The number of aliphatic carboxylic acids is 1. The largest absolute Gasteiger partial charge is 0.481 e. The number of hydrogen-bond donors (Lipinski definition) is 2. The number of carbonyl (C=O) groups excluding carboxylic acids is 1. The van der Waals surface area contributed by atoms with Gasteiger partial charge in [-0.15, -0.1) is 0 Å². The molecular formula is C18H20N2O5S2. The third kappa shape index (κ3) is 6.30. The first-order valence-corrected chi connectivity index (χ1v) is 10.3. The first-order valence-electron chi connectivity index (χ1n) is 8.00. The van der Waals surface area contributed by atoms with E-state index in [4.69, 9.17) is 5.11 Å². The minimum absolute atomic E-state index is 0.0134. The predicted molar refractivity (Wildman–Crippen MR) is 105 cm³/mol. The van der Waals surface area contributed by atoms with Crippen LogP contribution < -0.4 is 4.72 Å². The van der Waals surface area contributed by atoms with Crippen molar-refractivity contribution in [2.75, 3.05) is 18.8 Å². The van der Waals surface area contributed by atoms with Gasteiger partial charge in [-0.05, 0) is 54.1 Å². The zero-order chi connectivity index (χ0) is 20.0. The van der Waals surface area contributed by atoms with Gasteiger partial charge in [-0.3, -0.25) is 14.3 Å². The average Bonchev–Trinajstić information content (AvgIpc) is 2.60. The molecule has 1 amide bonds. The van der Waals surface area contributed by atoms with Gasteiger partial charge in [-0.1, -0.05) is 18.2 Å². The minimum atomic E-state index is -3.79. The van der Waals surface area contributed by atoms with Crippen molar-refractivity contribution in [3.8, 4) is 0 Å². The highest BCUT2D eigenvalue weighted by Gasteiger charge is 2.15. The normalized spacial score (nSPS) is 11.0. The van der Waals surface area contributed by atoms with E-state index in [-0.39, 0.29) is 16.6 Å².